The van der Waals surface area contributed by atoms with Gasteiger partial charge in [0, 0.05) is 50.8 Å². The third-order valence-electron chi connectivity index (χ3n) is 5.64. The lowest BCUT2D eigenvalue weighted by molar-refractivity contribution is -0.122. The SMILES string of the molecule is O=C1NC(=O)C(c2cn(CCCN=C=S)c3c(Br)cccc23)=C1c1c[nH]c2ccccc12. The van der Waals surface area contributed by atoms with E-state index < -0.39 is 0 Å². The number of aryl methyl sites for hydroxylation is 1. The summed E-state index contributed by atoms with van der Waals surface area (Å²) in [6.45, 7) is 1.26. The normalized spacial score (nSPS) is 13.8. The van der Waals surface area contributed by atoms with Gasteiger partial charge >= 0.3 is 0 Å². The van der Waals surface area contributed by atoms with Crippen molar-refractivity contribution in [3.63, 3.8) is 0 Å². The standard InChI is InChI=1S/C24H17BrN4O2S/c25-18-7-3-6-15-17(12-29(22(15)18)10-4-9-26-13-32)21-20(23(30)28-24(21)31)16-11-27-19-8-2-1-5-14(16)19/h1-3,5-8,11-12,27H,4,9-10H2,(H,28,30,31). The summed E-state index contributed by atoms with van der Waals surface area (Å²) in [6.07, 6.45) is 4.50. The van der Waals surface area contributed by atoms with E-state index in [0.717, 1.165) is 38.3 Å². The monoisotopic (exact) mass is 504 g/mol. The first-order chi connectivity index (χ1) is 15.6. The van der Waals surface area contributed by atoms with Crippen molar-refractivity contribution in [2.24, 2.45) is 4.99 Å². The molecule has 2 N–H and O–H groups in total. The first-order valence-corrected chi connectivity index (χ1v) is 11.3. The van der Waals surface area contributed by atoms with Gasteiger partial charge in [0.25, 0.3) is 11.8 Å². The number of nitrogens with zero attached hydrogens (tertiary/aromatic N) is 2. The van der Waals surface area contributed by atoms with Crippen LogP contribution in [0.3, 0.4) is 0 Å². The van der Waals surface area contributed by atoms with Crippen LogP contribution in [-0.2, 0) is 16.1 Å². The van der Waals surface area contributed by atoms with Gasteiger partial charge in [-0.15, -0.1) is 0 Å². The molecule has 158 valence electrons. The van der Waals surface area contributed by atoms with Gasteiger partial charge in [-0.3, -0.25) is 14.9 Å². The molecule has 4 aromatic rings. The maximum atomic E-state index is 13.0. The van der Waals surface area contributed by atoms with Gasteiger partial charge in [-0.1, -0.05) is 30.3 Å². The highest BCUT2D eigenvalue weighted by Gasteiger charge is 2.35. The lowest BCUT2D eigenvalue weighted by atomic mass is 9.95. The van der Waals surface area contributed by atoms with E-state index in [1.807, 2.05) is 48.7 Å². The van der Waals surface area contributed by atoms with Crippen LogP contribution in [0.4, 0.5) is 0 Å². The predicted octanol–water partition coefficient (Wildman–Crippen LogP) is 4.95. The molecule has 2 amide bonds. The largest absolute Gasteiger partial charge is 0.361 e. The van der Waals surface area contributed by atoms with Crippen LogP contribution in [0, 0.1) is 0 Å². The van der Waals surface area contributed by atoms with Gasteiger partial charge in [-0.05, 0) is 46.7 Å². The number of aromatic nitrogens is 2. The van der Waals surface area contributed by atoms with Gasteiger partial charge in [0.15, 0.2) is 0 Å². The van der Waals surface area contributed by atoms with Crippen LogP contribution in [0.5, 0.6) is 0 Å². The van der Waals surface area contributed by atoms with E-state index in [2.05, 4.69) is 53.2 Å². The van der Waals surface area contributed by atoms with Crippen molar-refractivity contribution in [3.05, 3.63) is 70.5 Å². The molecule has 1 aliphatic heterocycles. The van der Waals surface area contributed by atoms with Crippen molar-refractivity contribution in [2.45, 2.75) is 13.0 Å². The molecule has 1 aliphatic rings. The van der Waals surface area contributed by atoms with Gasteiger partial charge in [0.2, 0.25) is 0 Å². The highest BCUT2D eigenvalue weighted by molar-refractivity contribution is 9.10. The number of isothiocyanates is 1. The molecule has 0 saturated carbocycles. The molecule has 0 saturated heterocycles. The Labute approximate surface area is 197 Å². The summed E-state index contributed by atoms with van der Waals surface area (Å²) in [6, 6.07) is 13.6. The second kappa shape index (κ2) is 8.31. The van der Waals surface area contributed by atoms with Crippen molar-refractivity contribution < 1.29 is 9.59 Å². The van der Waals surface area contributed by atoms with Crippen molar-refractivity contribution >= 4 is 78.1 Å². The molecular formula is C24H17BrN4O2S. The Morgan fingerprint density at radius 1 is 1.00 bits per heavy atom. The molecule has 32 heavy (non-hydrogen) atoms. The summed E-state index contributed by atoms with van der Waals surface area (Å²) in [5.41, 5.74) is 4.08. The Bertz CT molecular complexity index is 1490. The molecule has 0 bridgehead atoms. The fourth-order valence-electron chi connectivity index (χ4n) is 4.30. The van der Waals surface area contributed by atoms with Crippen LogP contribution < -0.4 is 5.32 Å². The topological polar surface area (TPSA) is 79.2 Å². The van der Waals surface area contributed by atoms with Crippen LogP contribution in [0.25, 0.3) is 33.0 Å². The maximum absolute atomic E-state index is 13.0. The van der Waals surface area contributed by atoms with E-state index in [0.29, 0.717) is 29.8 Å². The lowest BCUT2D eigenvalue weighted by Gasteiger charge is -2.05. The number of amides is 2. The molecule has 3 heterocycles. The highest BCUT2D eigenvalue weighted by Crippen LogP contribution is 2.39. The molecule has 0 spiro atoms. The molecule has 0 unspecified atom stereocenters. The Kier molecular flexibility index (Phi) is 5.35. The van der Waals surface area contributed by atoms with Crippen molar-refractivity contribution in [2.75, 3.05) is 6.54 Å². The number of fused-ring (bicyclic) bond motifs is 2. The Hall–Kier alpha value is -3.32. The zero-order chi connectivity index (χ0) is 22.2. The van der Waals surface area contributed by atoms with Crippen LogP contribution >= 0.6 is 28.1 Å². The third kappa shape index (κ3) is 3.33. The number of thiocarbonyl (C=S) groups is 1. The molecule has 0 aliphatic carbocycles. The number of hydrogen-bond acceptors (Lipinski definition) is 4. The number of benzene rings is 2. The molecule has 0 fully saturated rings. The van der Waals surface area contributed by atoms with Gasteiger partial charge < -0.3 is 9.55 Å². The summed E-state index contributed by atoms with van der Waals surface area (Å²) in [4.78, 5) is 33.1. The predicted molar refractivity (Wildman–Crippen MR) is 132 cm³/mol. The lowest BCUT2D eigenvalue weighted by Crippen LogP contribution is -2.22. The number of carbonyl (C=O) groups excluding carboxylic acids is 2. The molecule has 2 aromatic carbocycles. The number of aliphatic imine (C=N–C) groups is 1. The van der Waals surface area contributed by atoms with Gasteiger partial charge in [-0.25, -0.2) is 4.99 Å². The number of para-hydroxylation sites is 2. The van der Waals surface area contributed by atoms with E-state index in [1.165, 1.54) is 0 Å². The van der Waals surface area contributed by atoms with Crippen molar-refractivity contribution in [1.82, 2.24) is 14.9 Å². The van der Waals surface area contributed by atoms with Gasteiger partial charge in [-0.2, -0.15) is 0 Å². The summed E-state index contributed by atoms with van der Waals surface area (Å²) >= 11 is 8.29. The van der Waals surface area contributed by atoms with E-state index in [4.69, 9.17) is 0 Å². The van der Waals surface area contributed by atoms with Gasteiger partial charge in [0.05, 0.1) is 28.4 Å². The van der Waals surface area contributed by atoms with Crippen LogP contribution in [0.1, 0.15) is 17.5 Å². The van der Waals surface area contributed by atoms with Crippen LogP contribution in [-0.4, -0.2) is 33.1 Å². The molecule has 0 atom stereocenters. The van der Waals surface area contributed by atoms with E-state index >= 15 is 0 Å². The number of halogens is 1. The fraction of sp³-hybridized carbons (Fsp3) is 0.125. The number of carbonyl (C=O) groups is 2. The molecule has 8 heteroatoms. The zero-order valence-electron chi connectivity index (χ0n) is 16.8. The minimum absolute atomic E-state index is 0.386. The Morgan fingerprint density at radius 3 is 2.56 bits per heavy atom. The third-order valence-corrected chi connectivity index (χ3v) is 6.41. The van der Waals surface area contributed by atoms with Crippen molar-refractivity contribution in [1.29, 1.82) is 0 Å². The first-order valence-electron chi connectivity index (χ1n) is 10.1. The summed E-state index contributed by atoms with van der Waals surface area (Å²) < 4.78 is 3.00. The maximum Gasteiger partial charge on any atom is 0.259 e. The second-order valence-electron chi connectivity index (χ2n) is 7.48. The zero-order valence-corrected chi connectivity index (χ0v) is 19.2. The minimum Gasteiger partial charge on any atom is -0.361 e. The second-order valence-corrected chi connectivity index (χ2v) is 8.52. The summed E-state index contributed by atoms with van der Waals surface area (Å²) in [5.74, 6) is -0.777. The van der Waals surface area contributed by atoms with Crippen LogP contribution in [0.2, 0.25) is 0 Å². The minimum atomic E-state index is -0.389. The number of hydrogen-bond donors (Lipinski definition) is 2. The molecule has 2 aromatic heterocycles. The van der Waals surface area contributed by atoms with Crippen molar-refractivity contribution in [3.8, 4) is 0 Å². The van der Waals surface area contributed by atoms with E-state index in [1.54, 1.807) is 6.20 Å². The summed E-state index contributed by atoms with van der Waals surface area (Å²) in [5, 5.41) is 6.68. The van der Waals surface area contributed by atoms with E-state index in [-0.39, 0.29) is 11.8 Å². The first kappa shape index (κ1) is 20.6. The number of imide groups is 1. The Morgan fingerprint density at radius 2 is 1.75 bits per heavy atom. The van der Waals surface area contributed by atoms with Gasteiger partial charge in [0.1, 0.15) is 0 Å². The highest BCUT2D eigenvalue weighted by atomic mass is 79.9. The Balaban J connectivity index is 1.74. The fourth-order valence-corrected chi connectivity index (χ4v) is 4.99. The summed E-state index contributed by atoms with van der Waals surface area (Å²) in [7, 11) is 0. The number of aromatic amines is 1. The van der Waals surface area contributed by atoms with E-state index in [9.17, 15) is 9.59 Å². The quantitative estimate of drug-likeness (QED) is 0.169. The smallest absolute Gasteiger partial charge is 0.259 e. The number of rotatable bonds is 6. The average Bonchev–Trinajstić information content (AvgIpc) is 3.45. The van der Waals surface area contributed by atoms with Crippen LogP contribution in [0.15, 0.2) is 64.3 Å². The number of nitrogens with one attached hydrogen (secondary N) is 2. The average molecular weight is 505 g/mol. The molecule has 5 rings (SSSR count). The number of H-pyrrole nitrogens is 1. The molecular weight excluding hydrogens is 488 g/mol. The molecule has 0 radical (unpaired) electrons. The molecule has 6 nitrogen and oxygen atoms in total.